The zero-order valence-electron chi connectivity index (χ0n) is 14.1. The van der Waals surface area contributed by atoms with Gasteiger partial charge in [-0.3, -0.25) is 4.79 Å². The number of hydrogen-bond acceptors (Lipinski definition) is 7. The van der Waals surface area contributed by atoms with Crippen molar-refractivity contribution < 1.29 is 18.7 Å². The topological polar surface area (TPSA) is 74.5 Å². The van der Waals surface area contributed by atoms with Crippen molar-refractivity contribution in [1.82, 2.24) is 10.2 Å². The fraction of sp³-hybridized carbons (Fsp3) is 0.167. The summed E-state index contributed by atoms with van der Waals surface area (Å²) in [5.74, 6) is 1.41. The summed E-state index contributed by atoms with van der Waals surface area (Å²) in [6.45, 7) is 0. The molecule has 0 saturated heterocycles. The van der Waals surface area contributed by atoms with Crippen LogP contribution in [-0.4, -0.2) is 36.0 Å². The highest BCUT2D eigenvalue weighted by molar-refractivity contribution is 7.99. The lowest BCUT2D eigenvalue weighted by Gasteiger charge is -2.08. The molecule has 3 rings (SSSR count). The molecule has 0 amide bonds. The Morgan fingerprint density at radius 1 is 1.15 bits per heavy atom. The lowest BCUT2D eigenvalue weighted by molar-refractivity contribution is 0.101. The molecule has 0 spiro atoms. The van der Waals surface area contributed by atoms with E-state index in [4.69, 9.17) is 25.5 Å². The first-order valence-corrected chi connectivity index (χ1v) is 8.94. The van der Waals surface area contributed by atoms with Gasteiger partial charge >= 0.3 is 0 Å². The number of halogens is 1. The van der Waals surface area contributed by atoms with E-state index in [9.17, 15) is 4.79 Å². The normalized spacial score (nSPS) is 10.6. The quantitative estimate of drug-likeness (QED) is 0.437. The Balaban J connectivity index is 1.71. The molecule has 6 nitrogen and oxygen atoms in total. The van der Waals surface area contributed by atoms with Crippen LogP contribution in [0.4, 0.5) is 0 Å². The van der Waals surface area contributed by atoms with Crippen LogP contribution in [0.25, 0.3) is 11.5 Å². The standard InChI is InChI=1S/C18H15ClN2O4S/c1-23-13-6-7-16(24-2)14(9-13)15(22)10-26-18-21-20-17(25-18)11-4-3-5-12(19)8-11/h3-9H,10H2,1-2H3. The van der Waals surface area contributed by atoms with Crippen LogP contribution in [0, 0.1) is 0 Å². The molecule has 0 aliphatic heterocycles. The van der Waals surface area contributed by atoms with Gasteiger partial charge in [-0.1, -0.05) is 29.4 Å². The van der Waals surface area contributed by atoms with E-state index in [-0.39, 0.29) is 11.5 Å². The van der Waals surface area contributed by atoms with Crippen LogP contribution in [0.1, 0.15) is 10.4 Å². The first kappa shape index (κ1) is 18.3. The van der Waals surface area contributed by atoms with Gasteiger partial charge < -0.3 is 13.9 Å². The third-order valence-corrected chi connectivity index (χ3v) is 4.57. The maximum Gasteiger partial charge on any atom is 0.277 e. The van der Waals surface area contributed by atoms with Gasteiger partial charge in [0.1, 0.15) is 11.5 Å². The Kier molecular flexibility index (Phi) is 5.80. The average molecular weight is 391 g/mol. The molecule has 0 saturated carbocycles. The Hall–Kier alpha value is -2.51. The summed E-state index contributed by atoms with van der Waals surface area (Å²) in [5.41, 5.74) is 1.16. The van der Waals surface area contributed by atoms with Gasteiger partial charge in [0.15, 0.2) is 5.78 Å². The second-order valence-electron chi connectivity index (χ2n) is 5.16. The predicted octanol–water partition coefficient (Wildman–Crippen LogP) is 4.38. The number of nitrogens with zero attached hydrogens (tertiary/aromatic N) is 2. The number of aromatic nitrogens is 2. The maximum absolute atomic E-state index is 12.5. The largest absolute Gasteiger partial charge is 0.497 e. The van der Waals surface area contributed by atoms with Gasteiger partial charge in [0.2, 0.25) is 5.89 Å². The van der Waals surface area contributed by atoms with Gasteiger partial charge in [0.25, 0.3) is 5.22 Å². The summed E-state index contributed by atoms with van der Waals surface area (Å²) in [5, 5.41) is 8.83. The number of Topliss-reactive ketones (excluding diaryl/α,β-unsaturated/α-hetero) is 1. The number of rotatable bonds is 7. The summed E-state index contributed by atoms with van der Waals surface area (Å²) in [6.07, 6.45) is 0. The summed E-state index contributed by atoms with van der Waals surface area (Å²) in [4.78, 5) is 12.5. The van der Waals surface area contributed by atoms with Crippen molar-refractivity contribution in [1.29, 1.82) is 0 Å². The van der Waals surface area contributed by atoms with Crippen LogP contribution in [0.5, 0.6) is 11.5 Å². The van der Waals surface area contributed by atoms with Crippen LogP contribution in [0.3, 0.4) is 0 Å². The number of ether oxygens (including phenoxy) is 2. The molecule has 0 fully saturated rings. The Morgan fingerprint density at radius 2 is 2.00 bits per heavy atom. The van der Waals surface area contributed by atoms with Crippen molar-refractivity contribution in [2.45, 2.75) is 5.22 Å². The average Bonchev–Trinajstić information content (AvgIpc) is 3.14. The van der Waals surface area contributed by atoms with E-state index < -0.39 is 0 Å². The van der Waals surface area contributed by atoms with Crippen molar-refractivity contribution in [3.8, 4) is 23.0 Å². The molecule has 0 N–H and O–H groups in total. The van der Waals surface area contributed by atoms with Gasteiger partial charge in [-0.05, 0) is 36.4 Å². The minimum absolute atomic E-state index is 0.126. The van der Waals surface area contributed by atoms with Crippen molar-refractivity contribution >= 4 is 29.1 Å². The highest BCUT2D eigenvalue weighted by atomic mass is 35.5. The minimum Gasteiger partial charge on any atom is -0.497 e. The number of thioether (sulfide) groups is 1. The third kappa shape index (κ3) is 4.17. The highest BCUT2D eigenvalue weighted by Crippen LogP contribution is 2.28. The smallest absolute Gasteiger partial charge is 0.277 e. The fourth-order valence-electron chi connectivity index (χ4n) is 2.24. The second-order valence-corrected chi connectivity index (χ2v) is 6.52. The van der Waals surface area contributed by atoms with Crippen LogP contribution in [-0.2, 0) is 0 Å². The Morgan fingerprint density at radius 3 is 2.73 bits per heavy atom. The van der Waals surface area contributed by atoms with Gasteiger partial charge in [-0.2, -0.15) is 0 Å². The molecule has 0 aliphatic rings. The lowest BCUT2D eigenvalue weighted by atomic mass is 10.1. The SMILES string of the molecule is COc1ccc(OC)c(C(=O)CSc2nnc(-c3cccc(Cl)c3)o2)c1. The molecule has 1 heterocycles. The van der Waals surface area contributed by atoms with Gasteiger partial charge in [0, 0.05) is 10.6 Å². The lowest BCUT2D eigenvalue weighted by Crippen LogP contribution is -2.05. The fourth-order valence-corrected chi connectivity index (χ4v) is 3.08. The molecule has 0 radical (unpaired) electrons. The molecule has 134 valence electrons. The second kappa shape index (κ2) is 8.25. The summed E-state index contributed by atoms with van der Waals surface area (Å²) >= 11 is 7.12. The van der Waals surface area contributed by atoms with Crippen molar-refractivity contribution in [3.05, 3.63) is 53.1 Å². The van der Waals surface area contributed by atoms with Crippen LogP contribution in [0.2, 0.25) is 5.02 Å². The van der Waals surface area contributed by atoms with Crippen LogP contribution < -0.4 is 9.47 Å². The third-order valence-electron chi connectivity index (χ3n) is 3.51. The highest BCUT2D eigenvalue weighted by Gasteiger charge is 2.16. The number of hydrogen-bond donors (Lipinski definition) is 0. The monoisotopic (exact) mass is 390 g/mol. The van der Waals surface area contributed by atoms with E-state index in [0.29, 0.717) is 33.2 Å². The molecule has 3 aromatic rings. The van der Waals surface area contributed by atoms with E-state index in [1.165, 1.54) is 7.11 Å². The molecular weight excluding hydrogens is 376 g/mol. The van der Waals surface area contributed by atoms with Crippen LogP contribution >= 0.6 is 23.4 Å². The maximum atomic E-state index is 12.5. The van der Waals surface area contributed by atoms with E-state index in [2.05, 4.69) is 10.2 Å². The number of benzene rings is 2. The first-order chi connectivity index (χ1) is 12.6. The summed E-state index contributed by atoms with van der Waals surface area (Å²) in [7, 11) is 3.06. The van der Waals surface area contributed by atoms with E-state index in [1.807, 2.05) is 6.07 Å². The Bertz CT molecular complexity index is 929. The predicted molar refractivity (Wildman–Crippen MR) is 99.3 cm³/mol. The Labute approximate surface area is 159 Å². The van der Waals surface area contributed by atoms with E-state index >= 15 is 0 Å². The number of methoxy groups -OCH3 is 2. The van der Waals surface area contributed by atoms with E-state index in [1.54, 1.807) is 43.5 Å². The molecule has 0 unspecified atom stereocenters. The van der Waals surface area contributed by atoms with Gasteiger partial charge in [-0.25, -0.2) is 0 Å². The molecule has 0 atom stereocenters. The summed E-state index contributed by atoms with van der Waals surface area (Å²) in [6, 6.07) is 12.2. The molecule has 2 aromatic carbocycles. The molecule has 26 heavy (non-hydrogen) atoms. The molecule has 0 bridgehead atoms. The summed E-state index contributed by atoms with van der Waals surface area (Å²) < 4.78 is 16.0. The zero-order valence-corrected chi connectivity index (χ0v) is 15.6. The number of carbonyl (C=O) groups excluding carboxylic acids is 1. The van der Waals surface area contributed by atoms with Crippen molar-refractivity contribution in [2.75, 3.05) is 20.0 Å². The molecule has 8 heteroatoms. The number of carbonyl (C=O) groups is 1. The zero-order chi connectivity index (χ0) is 18.5. The molecule has 0 aliphatic carbocycles. The van der Waals surface area contributed by atoms with E-state index in [0.717, 1.165) is 17.3 Å². The number of ketones is 1. The van der Waals surface area contributed by atoms with Gasteiger partial charge in [0.05, 0.1) is 25.5 Å². The van der Waals surface area contributed by atoms with Crippen LogP contribution in [0.15, 0.2) is 52.1 Å². The minimum atomic E-state index is -0.131. The first-order valence-electron chi connectivity index (χ1n) is 7.58. The van der Waals surface area contributed by atoms with Crippen molar-refractivity contribution in [2.24, 2.45) is 0 Å². The molecule has 1 aromatic heterocycles. The molecular formula is C18H15ClN2O4S. The van der Waals surface area contributed by atoms with Gasteiger partial charge in [-0.15, -0.1) is 10.2 Å². The van der Waals surface area contributed by atoms with Crippen molar-refractivity contribution in [3.63, 3.8) is 0 Å².